The summed E-state index contributed by atoms with van der Waals surface area (Å²) in [5.74, 6) is 1.91. The first-order chi connectivity index (χ1) is 15.5. The number of fused-ring (bicyclic) bond motifs is 1. The van der Waals surface area contributed by atoms with Crippen molar-refractivity contribution in [2.45, 2.75) is 25.4 Å². The SMILES string of the molecule is CCOc1cc(C(=O)N2CCC3(CC2)Oc2ccccc2C(N)=C3C=NC)ccc1OC. The molecule has 0 radical (unpaired) electrons. The number of amides is 1. The molecule has 0 aromatic heterocycles. The van der Waals surface area contributed by atoms with Gasteiger partial charge in [-0.2, -0.15) is 0 Å². The van der Waals surface area contributed by atoms with Gasteiger partial charge in [0.1, 0.15) is 11.4 Å². The van der Waals surface area contributed by atoms with E-state index in [1.165, 1.54) is 0 Å². The molecule has 2 N–H and O–H groups in total. The molecule has 1 amide bonds. The van der Waals surface area contributed by atoms with Crippen LogP contribution in [-0.2, 0) is 0 Å². The van der Waals surface area contributed by atoms with E-state index in [0.717, 1.165) is 16.9 Å². The number of rotatable bonds is 5. The first-order valence-electron chi connectivity index (χ1n) is 10.8. The Morgan fingerprint density at radius 1 is 1.22 bits per heavy atom. The average molecular weight is 436 g/mol. The highest BCUT2D eigenvalue weighted by Crippen LogP contribution is 2.43. The molecule has 0 saturated carbocycles. The molecule has 7 nitrogen and oxygen atoms in total. The minimum absolute atomic E-state index is 0.0395. The monoisotopic (exact) mass is 435 g/mol. The number of aliphatic imine (C=N–C) groups is 1. The minimum Gasteiger partial charge on any atom is -0.493 e. The van der Waals surface area contributed by atoms with E-state index in [4.69, 9.17) is 19.9 Å². The van der Waals surface area contributed by atoms with Gasteiger partial charge >= 0.3 is 0 Å². The third kappa shape index (κ3) is 3.79. The summed E-state index contributed by atoms with van der Waals surface area (Å²) < 4.78 is 17.5. The van der Waals surface area contributed by atoms with Gasteiger partial charge in [0.25, 0.3) is 5.91 Å². The van der Waals surface area contributed by atoms with Crippen molar-refractivity contribution < 1.29 is 19.0 Å². The van der Waals surface area contributed by atoms with Gasteiger partial charge < -0.3 is 24.8 Å². The number of ether oxygens (including phenoxy) is 3. The number of hydrogen-bond donors (Lipinski definition) is 1. The van der Waals surface area contributed by atoms with Gasteiger partial charge in [0.05, 0.1) is 19.4 Å². The van der Waals surface area contributed by atoms with Crippen LogP contribution < -0.4 is 19.9 Å². The van der Waals surface area contributed by atoms with Crippen molar-refractivity contribution in [2.75, 3.05) is 33.9 Å². The summed E-state index contributed by atoms with van der Waals surface area (Å²) in [7, 11) is 3.31. The minimum atomic E-state index is -0.592. The van der Waals surface area contributed by atoms with Crippen LogP contribution in [0.5, 0.6) is 17.2 Å². The average Bonchev–Trinajstić information content (AvgIpc) is 2.82. The maximum absolute atomic E-state index is 13.2. The van der Waals surface area contributed by atoms with Gasteiger partial charge in [-0.15, -0.1) is 0 Å². The molecule has 0 atom stereocenters. The molecule has 2 aliphatic heterocycles. The first kappa shape index (κ1) is 21.7. The largest absolute Gasteiger partial charge is 0.493 e. The van der Waals surface area contributed by atoms with Gasteiger partial charge in [0.15, 0.2) is 11.5 Å². The molecule has 7 heteroatoms. The number of nitrogens with two attached hydrogens (primary N) is 1. The zero-order valence-electron chi connectivity index (χ0n) is 18.8. The highest BCUT2D eigenvalue weighted by molar-refractivity contribution is 5.96. The van der Waals surface area contributed by atoms with E-state index in [9.17, 15) is 4.79 Å². The number of methoxy groups -OCH3 is 1. The van der Waals surface area contributed by atoms with E-state index in [-0.39, 0.29) is 5.91 Å². The highest BCUT2D eigenvalue weighted by atomic mass is 16.5. The second-order valence-electron chi connectivity index (χ2n) is 7.90. The van der Waals surface area contributed by atoms with Crippen LogP contribution in [0.4, 0.5) is 0 Å². The predicted molar refractivity (Wildman–Crippen MR) is 125 cm³/mol. The second-order valence-corrected chi connectivity index (χ2v) is 7.90. The van der Waals surface area contributed by atoms with Crippen LogP contribution in [0.1, 0.15) is 35.7 Å². The lowest BCUT2D eigenvalue weighted by Crippen LogP contribution is -2.52. The lowest BCUT2D eigenvalue weighted by molar-refractivity contribution is 0.0293. The van der Waals surface area contributed by atoms with E-state index in [1.807, 2.05) is 36.1 Å². The molecule has 0 bridgehead atoms. The van der Waals surface area contributed by atoms with Gasteiger partial charge in [0.2, 0.25) is 0 Å². The van der Waals surface area contributed by atoms with Crippen molar-refractivity contribution in [3.8, 4) is 17.2 Å². The van der Waals surface area contributed by atoms with Gasteiger partial charge in [-0.3, -0.25) is 9.79 Å². The van der Waals surface area contributed by atoms with E-state index in [2.05, 4.69) is 4.99 Å². The normalized spacial score (nSPS) is 17.3. The molecule has 4 rings (SSSR count). The lowest BCUT2D eigenvalue weighted by atomic mass is 9.80. The molecule has 1 fully saturated rings. The summed E-state index contributed by atoms with van der Waals surface area (Å²) in [5.41, 5.74) is 8.98. The molecule has 32 heavy (non-hydrogen) atoms. The molecule has 1 spiro atoms. The van der Waals surface area contributed by atoms with E-state index >= 15 is 0 Å². The van der Waals surface area contributed by atoms with Crippen LogP contribution in [0.15, 0.2) is 53.0 Å². The number of carbonyl (C=O) groups excluding carboxylic acids is 1. The number of likely N-dealkylation sites (tertiary alicyclic amines) is 1. The molecule has 168 valence electrons. The predicted octanol–water partition coefficient (Wildman–Crippen LogP) is 3.53. The van der Waals surface area contributed by atoms with Crippen LogP contribution in [0.25, 0.3) is 5.70 Å². The number of nitrogens with zero attached hydrogens (tertiary/aromatic N) is 2. The van der Waals surface area contributed by atoms with Crippen molar-refractivity contribution in [1.82, 2.24) is 4.90 Å². The molecular formula is C25H29N3O4. The third-order valence-corrected chi connectivity index (χ3v) is 6.09. The molecule has 1 saturated heterocycles. The van der Waals surface area contributed by atoms with Crippen LogP contribution in [0.2, 0.25) is 0 Å². The highest BCUT2D eigenvalue weighted by Gasteiger charge is 2.45. The summed E-state index contributed by atoms with van der Waals surface area (Å²) in [6.07, 6.45) is 3.05. The van der Waals surface area contributed by atoms with Crippen molar-refractivity contribution in [3.63, 3.8) is 0 Å². The number of para-hydroxylation sites is 1. The summed E-state index contributed by atoms with van der Waals surface area (Å²) in [4.78, 5) is 19.3. The molecule has 2 aromatic rings. The smallest absolute Gasteiger partial charge is 0.253 e. The molecule has 2 heterocycles. The molecule has 0 unspecified atom stereocenters. The zero-order chi connectivity index (χ0) is 22.7. The molecular weight excluding hydrogens is 406 g/mol. The Hall–Kier alpha value is -3.48. The van der Waals surface area contributed by atoms with Crippen molar-refractivity contribution in [3.05, 3.63) is 59.2 Å². The quantitative estimate of drug-likeness (QED) is 0.726. The van der Waals surface area contributed by atoms with Crippen LogP contribution in [0.3, 0.4) is 0 Å². The fraction of sp³-hybridized carbons (Fsp3) is 0.360. The third-order valence-electron chi connectivity index (χ3n) is 6.09. The fourth-order valence-electron chi connectivity index (χ4n) is 4.45. The first-order valence-corrected chi connectivity index (χ1v) is 10.8. The molecule has 2 aliphatic rings. The van der Waals surface area contributed by atoms with Gasteiger partial charge in [-0.05, 0) is 37.3 Å². The fourth-order valence-corrected chi connectivity index (χ4v) is 4.45. The van der Waals surface area contributed by atoms with Crippen molar-refractivity contribution >= 4 is 17.8 Å². The lowest BCUT2D eigenvalue weighted by Gasteiger charge is -2.45. The summed E-state index contributed by atoms with van der Waals surface area (Å²) in [6.45, 7) is 3.49. The Kier molecular flexibility index (Phi) is 6.08. The summed E-state index contributed by atoms with van der Waals surface area (Å²) in [6, 6.07) is 13.1. The Morgan fingerprint density at radius 3 is 2.66 bits per heavy atom. The summed E-state index contributed by atoms with van der Waals surface area (Å²) in [5, 5.41) is 0. The zero-order valence-corrected chi connectivity index (χ0v) is 18.8. The number of benzene rings is 2. The molecule has 2 aromatic carbocycles. The Bertz CT molecular complexity index is 1070. The second kappa shape index (κ2) is 8.94. The van der Waals surface area contributed by atoms with Crippen molar-refractivity contribution in [2.24, 2.45) is 10.7 Å². The van der Waals surface area contributed by atoms with E-state index < -0.39 is 5.60 Å². The van der Waals surface area contributed by atoms with E-state index in [0.29, 0.717) is 55.3 Å². The van der Waals surface area contributed by atoms with Crippen LogP contribution >= 0.6 is 0 Å². The maximum Gasteiger partial charge on any atom is 0.253 e. The van der Waals surface area contributed by atoms with E-state index in [1.54, 1.807) is 38.6 Å². The summed E-state index contributed by atoms with van der Waals surface area (Å²) >= 11 is 0. The molecule has 0 aliphatic carbocycles. The Balaban J connectivity index is 1.57. The van der Waals surface area contributed by atoms with Crippen LogP contribution in [0, 0.1) is 0 Å². The van der Waals surface area contributed by atoms with Gasteiger partial charge in [-0.25, -0.2) is 0 Å². The number of piperidine rings is 1. The Labute approximate surface area is 188 Å². The van der Waals surface area contributed by atoms with Crippen molar-refractivity contribution in [1.29, 1.82) is 0 Å². The standard InChI is InChI=1S/C25H29N3O4/c1-4-31-22-15-17(9-10-21(22)30-3)24(29)28-13-11-25(12-14-28)19(16-27-2)23(26)18-7-5-6-8-20(18)32-25/h5-10,15-16H,4,11-14,26H2,1-3H3. The Morgan fingerprint density at radius 2 is 1.97 bits per heavy atom. The topological polar surface area (TPSA) is 86.4 Å². The number of hydrogen-bond acceptors (Lipinski definition) is 6. The van der Waals surface area contributed by atoms with Gasteiger partial charge in [0, 0.05) is 55.9 Å². The number of carbonyl (C=O) groups is 1. The maximum atomic E-state index is 13.2. The van der Waals surface area contributed by atoms with Crippen LogP contribution in [-0.4, -0.2) is 56.5 Å². The van der Waals surface area contributed by atoms with Gasteiger partial charge in [-0.1, -0.05) is 12.1 Å².